The van der Waals surface area contributed by atoms with Crippen LogP contribution in [-0.4, -0.2) is 65.9 Å². The van der Waals surface area contributed by atoms with Gasteiger partial charge in [0.1, 0.15) is 0 Å². The van der Waals surface area contributed by atoms with Crippen molar-refractivity contribution in [2.45, 2.75) is 38.3 Å². The molecule has 6 heteroatoms. The molecule has 2 heterocycles. The van der Waals surface area contributed by atoms with E-state index in [4.69, 9.17) is 9.15 Å². The maximum Gasteiger partial charge on any atom is 0.230 e. The highest BCUT2D eigenvalue weighted by Gasteiger charge is 2.30. The van der Waals surface area contributed by atoms with Gasteiger partial charge >= 0.3 is 0 Å². The van der Waals surface area contributed by atoms with Crippen LogP contribution in [0.3, 0.4) is 0 Å². The first-order chi connectivity index (χ1) is 9.76. The number of hydrogen-bond donors (Lipinski definition) is 0. The Hall–Kier alpha value is -0.980. The zero-order valence-corrected chi connectivity index (χ0v) is 12.4. The van der Waals surface area contributed by atoms with E-state index in [9.17, 15) is 0 Å². The standard InChI is InChI=1S/C14H24N4O2/c1-11-9-17(5-6-18(11)7-8-19-2)10-13-15-16-14(20-13)12-3-4-12/h11-12H,3-10H2,1-2H3. The molecular formula is C14H24N4O2. The van der Waals surface area contributed by atoms with Gasteiger partial charge in [0.2, 0.25) is 11.8 Å². The number of nitrogens with zero attached hydrogens (tertiary/aromatic N) is 4. The van der Waals surface area contributed by atoms with E-state index in [0.717, 1.165) is 51.1 Å². The number of ether oxygens (including phenoxy) is 1. The largest absolute Gasteiger partial charge is 0.424 e. The molecule has 1 unspecified atom stereocenters. The molecule has 0 amide bonds. The second-order valence-electron chi connectivity index (χ2n) is 5.92. The molecule has 1 saturated carbocycles. The number of methoxy groups -OCH3 is 1. The lowest BCUT2D eigenvalue weighted by Gasteiger charge is -2.39. The molecular weight excluding hydrogens is 256 g/mol. The number of hydrogen-bond acceptors (Lipinski definition) is 6. The predicted octanol–water partition coefficient (Wildman–Crippen LogP) is 1.10. The van der Waals surface area contributed by atoms with Crippen molar-refractivity contribution in [3.8, 4) is 0 Å². The highest BCUT2D eigenvalue weighted by Crippen LogP contribution is 2.39. The van der Waals surface area contributed by atoms with Crippen LogP contribution in [0.25, 0.3) is 0 Å². The topological polar surface area (TPSA) is 54.6 Å². The Bertz CT molecular complexity index is 433. The zero-order valence-electron chi connectivity index (χ0n) is 12.4. The summed E-state index contributed by atoms with van der Waals surface area (Å²) in [5.41, 5.74) is 0. The minimum atomic E-state index is 0.543. The minimum absolute atomic E-state index is 0.543. The van der Waals surface area contributed by atoms with Gasteiger partial charge in [0, 0.05) is 45.2 Å². The van der Waals surface area contributed by atoms with Crippen LogP contribution in [0.5, 0.6) is 0 Å². The third-order valence-electron chi connectivity index (χ3n) is 4.20. The Kier molecular flexibility index (Phi) is 4.33. The van der Waals surface area contributed by atoms with E-state index in [1.807, 2.05) is 0 Å². The van der Waals surface area contributed by atoms with Gasteiger partial charge in [-0.2, -0.15) is 0 Å². The van der Waals surface area contributed by atoms with Gasteiger partial charge in [-0.25, -0.2) is 0 Å². The highest BCUT2D eigenvalue weighted by molar-refractivity contribution is 5.00. The average molecular weight is 280 g/mol. The molecule has 112 valence electrons. The normalized spacial score (nSPS) is 25.2. The Labute approximate surface area is 120 Å². The first-order valence-electron chi connectivity index (χ1n) is 7.54. The smallest absolute Gasteiger partial charge is 0.230 e. The monoisotopic (exact) mass is 280 g/mol. The summed E-state index contributed by atoms with van der Waals surface area (Å²) in [6, 6.07) is 0.546. The first-order valence-corrected chi connectivity index (χ1v) is 7.54. The number of aromatic nitrogens is 2. The van der Waals surface area contributed by atoms with E-state index in [-0.39, 0.29) is 0 Å². The lowest BCUT2D eigenvalue weighted by atomic mass is 10.2. The maximum absolute atomic E-state index is 5.74. The molecule has 1 aliphatic carbocycles. The van der Waals surface area contributed by atoms with Crippen molar-refractivity contribution in [3.63, 3.8) is 0 Å². The van der Waals surface area contributed by atoms with Crippen molar-refractivity contribution in [2.24, 2.45) is 0 Å². The SMILES string of the molecule is COCCN1CCN(Cc2nnc(C3CC3)o2)CC1C. The van der Waals surface area contributed by atoms with Crippen LogP contribution in [0.1, 0.15) is 37.5 Å². The third kappa shape index (κ3) is 3.37. The molecule has 1 aromatic heterocycles. The summed E-state index contributed by atoms with van der Waals surface area (Å²) in [7, 11) is 1.76. The van der Waals surface area contributed by atoms with Crippen molar-refractivity contribution in [3.05, 3.63) is 11.8 Å². The van der Waals surface area contributed by atoms with E-state index >= 15 is 0 Å². The van der Waals surface area contributed by atoms with Crippen LogP contribution < -0.4 is 0 Å². The Morgan fingerprint density at radius 3 is 2.85 bits per heavy atom. The average Bonchev–Trinajstić information content (AvgIpc) is 3.19. The molecule has 0 bridgehead atoms. The molecule has 20 heavy (non-hydrogen) atoms. The van der Waals surface area contributed by atoms with Crippen LogP contribution in [0.2, 0.25) is 0 Å². The number of rotatable bonds is 6. The minimum Gasteiger partial charge on any atom is -0.424 e. The highest BCUT2D eigenvalue weighted by atomic mass is 16.5. The fourth-order valence-corrected chi connectivity index (χ4v) is 2.77. The van der Waals surface area contributed by atoms with Crippen LogP contribution in [0, 0.1) is 0 Å². The lowest BCUT2D eigenvalue weighted by Crippen LogP contribution is -2.52. The predicted molar refractivity (Wildman–Crippen MR) is 74.5 cm³/mol. The quantitative estimate of drug-likeness (QED) is 0.778. The lowest BCUT2D eigenvalue weighted by molar-refractivity contribution is 0.0519. The van der Waals surface area contributed by atoms with Gasteiger partial charge in [-0.05, 0) is 19.8 Å². The second kappa shape index (κ2) is 6.20. The second-order valence-corrected chi connectivity index (χ2v) is 5.92. The summed E-state index contributed by atoms with van der Waals surface area (Å²) in [6.07, 6.45) is 2.41. The summed E-state index contributed by atoms with van der Waals surface area (Å²) in [4.78, 5) is 4.88. The van der Waals surface area contributed by atoms with Gasteiger partial charge in [0.25, 0.3) is 0 Å². The molecule has 0 N–H and O–H groups in total. The van der Waals surface area contributed by atoms with Crippen molar-refractivity contribution >= 4 is 0 Å². The molecule has 1 aliphatic heterocycles. The molecule has 1 aromatic rings. The Morgan fingerprint density at radius 2 is 2.15 bits per heavy atom. The van der Waals surface area contributed by atoms with Crippen molar-refractivity contribution in [2.75, 3.05) is 39.9 Å². The van der Waals surface area contributed by atoms with Crippen molar-refractivity contribution in [1.29, 1.82) is 0 Å². The third-order valence-corrected chi connectivity index (χ3v) is 4.20. The molecule has 2 aliphatic rings. The fourth-order valence-electron chi connectivity index (χ4n) is 2.77. The van der Waals surface area contributed by atoms with E-state index in [2.05, 4.69) is 26.9 Å². The Morgan fingerprint density at radius 1 is 1.30 bits per heavy atom. The van der Waals surface area contributed by atoms with Crippen LogP contribution >= 0.6 is 0 Å². The maximum atomic E-state index is 5.74. The van der Waals surface area contributed by atoms with Gasteiger partial charge in [0.15, 0.2) is 0 Å². The molecule has 0 spiro atoms. The molecule has 0 radical (unpaired) electrons. The van der Waals surface area contributed by atoms with Crippen LogP contribution in [-0.2, 0) is 11.3 Å². The first kappa shape index (κ1) is 14.0. The van der Waals surface area contributed by atoms with E-state index < -0.39 is 0 Å². The van der Waals surface area contributed by atoms with Crippen LogP contribution in [0.4, 0.5) is 0 Å². The summed E-state index contributed by atoms with van der Waals surface area (Å²) in [6.45, 7) is 8.04. The Balaban J connectivity index is 1.48. The summed E-state index contributed by atoms with van der Waals surface area (Å²) in [5, 5.41) is 8.32. The van der Waals surface area contributed by atoms with Gasteiger partial charge in [-0.3, -0.25) is 9.80 Å². The molecule has 1 saturated heterocycles. The molecule has 6 nitrogen and oxygen atoms in total. The zero-order chi connectivity index (χ0) is 13.9. The van der Waals surface area contributed by atoms with Crippen molar-refractivity contribution in [1.82, 2.24) is 20.0 Å². The van der Waals surface area contributed by atoms with Gasteiger partial charge in [0.05, 0.1) is 13.2 Å². The molecule has 1 atom stereocenters. The van der Waals surface area contributed by atoms with Gasteiger partial charge in [-0.15, -0.1) is 10.2 Å². The van der Waals surface area contributed by atoms with E-state index in [1.54, 1.807) is 7.11 Å². The fraction of sp³-hybridized carbons (Fsp3) is 0.857. The molecule has 3 rings (SSSR count). The summed E-state index contributed by atoms with van der Waals surface area (Å²) < 4.78 is 10.9. The van der Waals surface area contributed by atoms with Gasteiger partial charge in [-0.1, -0.05) is 0 Å². The molecule has 2 fully saturated rings. The van der Waals surface area contributed by atoms with E-state index in [0.29, 0.717) is 12.0 Å². The van der Waals surface area contributed by atoms with Gasteiger partial charge < -0.3 is 9.15 Å². The van der Waals surface area contributed by atoms with Crippen molar-refractivity contribution < 1.29 is 9.15 Å². The molecule has 0 aromatic carbocycles. The van der Waals surface area contributed by atoms with Crippen LogP contribution in [0.15, 0.2) is 4.42 Å². The van der Waals surface area contributed by atoms with E-state index in [1.165, 1.54) is 12.8 Å². The summed E-state index contributed by atoms with van der Waals surface area (Å²) in [5.74, 6) is 2.15. The number of piperazine rings is 1. The summed E-state index contributed by atoms with van der Waals surface area (Å²) >= 11 is 0.